The lowest BCUT2D eigenvalue weighted by Crippen LogP contribution is -2.48. The van der Waals surface area contributed by atoms with Crippen LogP contribution in [0.25, 0.3) is 10.9 Å². The van der Waals surface area contributed by atoms with Gasteiger partial charge in [-0.25, -0.2) is 4.39 Å². The first kappa shape index (κ1) is 13.6. The molecule has 2 heterocycles. The van der Waals surface area contributed by atoms with Crippen LogP contribution < -0.4 is 0 Å². The Morgan fingerprint density at radius 3 is 2.90 bits per heavy atom. The zero-order chi connectivity index (χ0) is 14.3. The fourth-order valence-electron chi connectivity index (χ4n) is 3.04. The number of hydrogen-bond acceptors (Lipinski definition) is 2. The number of aliphatic hydroxyl groups is 1. The molecule has 2 aromatic rings. The number of benzene rings is 1. The maximum Gasteiger partial charge on any atom is 0.143 e. The quantitative estimate of drug-likeness (QED) is 0.933. The van der Waals surface area contributed by atoms with Crippen molar-refractivity contribution in [2.45, 2.75) is 38.6 Å². The summed E-state index contributed by atoms with van der Waals surface area (Å²) < 4.78 is 16.4. The van der Waals surface area contributed by atoms with Gasteiger partial charge in [-0.2, -0.15) is 0 Å². The van der Waals surface area contributed by atoms with Crippen molar-refractivity contribution in [1.82, 2.24) is 9.47 Å². The minimum Gasteiger partial charge on any atom is -0.393 e. The van der Waals surface area contributed by atoms with Crippen LogP contribution in [0.2, 0.25) is 0 Å². The topological polar surface area (TPSA) is 28.4 Å². The van der Waals surface area contributed by atoms with Crippen LogP contribution in [0.15, 0.2) is 30.3 Å². The monoisotopic (exact) mass is 276 g/mol. The Bertz CT molecular complexity index is 620. The maximum atomic E-state index is 14.1. The summed E-state index contributed by atoms with van der Waals surface area (Å²) in [5, 5.41) is 10.4. The highest BCUT2D eigenvalue weighted by molar-refractivity contribution is 5.81. The smallest absolute Gasteiger partial charge is 0.143 e. The third-order valence-corrected chi connectivity index (χ3v) is 4.19. The molecule has 20 heavy (non-hydrogen) atoms. The molecule has 1 unspecified atom stereocenters. The predicted molar refractivity (Wildman–Crippen MR) is 78.4 cm³/mol. The van der Waals surface area contributed by atoms with Gasteiger partial charge in [0.2, 0.25) is 0 Å². The average molecular weight is 276 g/mol. The van der Waals surface area contributed by atoms with Gasteiger partial charge in [0.05, 0.1) is 6.61 Å². The van der Waals surface area contributed by atoms with Gasteiger partial charge in [0.1, 0.15) is 5.67 Å². The van der Waals surface area contributed by atoms with Gasteiger partial charge >= 0.3 is 0 Å². The van der Waals surface area contributed by atoms with Crippen LogP contribution in [-0.4, -0.2) is 39.4 Å². The summed E-state index contributed by atoms with van der Waals surface area (Å²) in [4.78, 5) is 2.12. The molecule has 108 valence electrons. The Hall–Kier alpha value is -1.39. The van der Waals surface area contributed by atoms with Crippen LogP contribution in [0.3, 0.4) is 0 Å². The maximum absolute atomic E-state index is 14.1. The molecule has 1 aliphatic rings. The second-order valence-corrected chi connectivity index (χ2v) is 6.13. The summed E-state index contributed by atoms with van der Waals surface area (Å²) in [7, 11) is 0. The molecule has 1 aliphatic heterocycles. The van der Waals surface area contributed by atoms with Crippen molar-refractivity contribution in [3.05, 3.63) is 36.0 Å². The van der Waals surface area contributed by atoms with Gasteiger partial charge in [-0.15, -0.1) is 0 Å². The molecule has 3 nitrogen and oxygen atoms in total. The minimum atomic E-state index is -1.54. The first-order valence-corrected chi connectivity index (χ1v) is 7.11. The summed E-state index contributed by atoms with van der Waals surface area (Å²) in [6.45, 7) is 5.01. The molecule has 3 rings (SSSR count). The molecule has 0 amide bonds. The lowest BCUT2D eigenvalue weighted by atomic mass is 10.1. The lowest BCUT2D eigenvalue weighted by molar-refractivity contribution is 0.0214. The lowest BCUT2D eigenvalue weighted by Gasteiger charge is -2.37. The van der Waals surface area contributed by atoms with E-state index >= 15 is 0 Å². The van der Waals surface area contributed by atoms with E-state index in [1.54, 1.807) is 0 Å². The molecule has 1 N–H and O–H groups in total. The first-order valence-electron chi connectivity index (χ1n) is 7.11. The number of halogens is 1. The summed E-state index contributed by atoms with van der Waals surface area (Å²) in [5.41, 5.74) is 0.930. The van der Waals surface area contributed by atoms with Gasteiger partial charge in [0.25, 0.3) is 0 Å². The van der Waals surface area contributed by atoms with Crippen LogP contribution >= 0.6 is 0 Å². The minimum absolute atomic E-state index is 0.264. The molecule has 2 atom stereocenters. The Labute approximate surface area is 118 Å². The molecule has 0 saturated carbocycles. The number of aliphatic hydroxyl groups excluding tert-OH is 1. The highest BCUT2D eigenvalue weighted by Gasteiger charge is 2.31. The molecule has 0 bridgehead atoms. The van der Waals surface area contributed by atoms with E-state index in [1.807, 2.05) is 6.07 Å². The van der Waals surface area contributed by atoms with E-state index < -0.39 is 12.3 Å². The van der Waals surface area contributed by atoms with Gasteiger partial charge < -0.3 is 9.67 Å². The second kappa shape index (κ2) is 4.86. The first-order chi connectivity index (χ1) is 9.50. The van der Waals surface area contributed by atoms with E-state index in [0.717, 1.165) is 13.1 Å². The van der Waals surface area contributed by atoms with Crippen molar-refractivity contribution in [3.63, 3.8) is 0 Å². The number of hydrogen-bond donors (Lipinski definition) is 1. The van der Waals surface area contributed by atoms with Crippen LogP contribution in [-0.2, 0) is 13.1 Å². The highest BCUT2D eigenvalue weighted by Crippen LogP contribution is 2.27. The Morgan fingerprint density at radius 1 is 1.40 bits per heavy atom. The van der Waals surface area contributed by atoms with Crippen molar-refractivity contribution >= 4 is 10.9 Å². The van der Waals surface area contributed by atoms with Crippen molar-refractivity contribution in [2.24, 2.45) is 0 Å². The molecular weight excluding hydrogens is 255 g/mol. The predicted octanol–water partition coefficient (Wildman–Crippen LogP) is 2.57. The molecule has 0 aliphatic carbocycles. The summed E-state index contributed by atoms with van der Waals surface area (Å²) in [6, 6.07) is 10.8. The highest BCUT2D eigenvalue weighted by atomic mass is 19.1. The molecule has 4 heteroatoms. The van der Waals surface area contributed by atoms with Gasteiger partial charge in [0, 0.05) is 36.9 Å². The molecular formula is C16H21FN2O. The van der Waals surface area contributed by atoms with Crippen LogP contribution in [0.5, 0.6) is 0 Å². The number of aromatic nitrogens is 1. The van der Waals surface area contributed by atoms with E-state index in [-0.39, 0.29) is 12.6 Å². The standard InChI is InChI=1S/C16H21FN2O/c1-12-8-19-14(7-13-5-3-4-6-15(13)19)9-18(12)10-16(2,17)11-20/h3-7,12,20H,8-11H2,1-2H3/t12-,16?/m1/s1. The van der Waals surface area contributed by atoms with Gasteiger partial charge in [0.15, 0.2) is 0 Å². The molecule has 1 aromatic heterocycles. The van der Waals surface area contributed by atoms with Gasteiger partial charge in [-0.05, 0) is 31.4 Å². The van der Waals surface area contributed by atoms with Crippen LogP contribution in [0.1, 0.15) is 19.5 Å². The van der Waals surface area contributed by atoms with Crippen LogP contribution in [0, 0.1) is 0 Å². The molecule has 0 saturated heterocycles. The Kier molecular flexibility index (Phi) is 3.30. The normalized spacial score (nSPS) is 22.7. The fourth-order valence-corrected chi connectivity index (χ4v) is 3.04. The number of rotatable bonds is 3. The Balaban J connectivity index is 1.90. The third kappa shape index (κ3) is 2.34. The van der Waals surface area contributed by atoms with Crippen molar-refractivity contribution in [2.75, 3.05) is 13.2 Å². The van der Waals surface area contributed by atoms with E-state index in [2.05, 4.69) is 40.7 Å². The molecule has 0 spiro atoms. The summed E-state index contributed by atoms with van der Waals surface area (Å²) in [5.74, 6) is 0. The third-order valence-electron chi connectivity index (χ3n) is 4.19. The number of para-hydroxylation sites is 1. The van der Waals surface area contributed by atoms with Crippen LogP contribution in [0.4, 0.5) is 4.39 Å². The zero-order valence-electron chi connectivity index (χ0n) is 12.0. The second-order valence-electron chi connectivity index (χ2n) is 6.13. The zero-order valence-corrected chi connectivity index (χ0v) is 12.0. The van der Waals surface area contributed by atoms with Crippen molar-refractivity contribution in [3.8, 4) is 0 Å². The Morgan fingerprint density at radius 2 is 2.15 bits per heavy atom. The molecule has 0 fully saturated rings. The SMILES string of the molecule is C[C@@H]1Cn2c(cc3ccccc32)CN1CC(C)(F)CO. The van der Waals surface area contributed by atoms with E-state index in [0.29, 0.717) is 0 Å². The summed E-state index contributed by atoms with van der Waals surface area (Å²) in [6.07, 6.45) is 0. The number of nitrogens with zero attached hydrogens (tertiary/aromatic N) is 2. The van der Waals surface area contributed by atoms with Crippen molar-refractivity contribution in [1.29, 1.82) is 0 Å². The van der Waals surface area contributed by atoms with Crippen molar-refractivity contribution < 1.29 is 9.50 Å². The van der Waals surface area contributed by atoms with E-state index in [9.17, 15) is 4.39 Å². The largest absolute Gasteiger partial charge is 0.393 e. The fraction of sp³-hybridized carbons (Fsp3) is 0.500. The average Bonchev–Trinajstić information content (AvgIpc) is 2.77. The number of alkyl halides is 1. The molecule has 0 radical (unpaired) electrons. The van der Waals surface area contributed by atoms with E-state index in [1.165, 1.54) is 23.5 Å². The number of fused-ring (bicyclic) bond motifs is 3. The summed E-state index contributed by atoms with van der Waals surface area (Å²) >= 11 is 0. The van der Waals surface area contributed by atoms with Gasteiger partial charge in [-0.3, -0.25) is 4.90 Å². The van der Waals surface area contributed by atoms with E-state index in [4.69, 9.17) is 5.11 Å². The molecule has 1 aromatic carbocycles. The van der Waals surface area contributed by atoms with Gasteiger partial charge in [-0.1, -0.05) is 18.2 Å².